The summed E-state index contributed by atoms with van der Waals surface area (Å²) >= 11 is 0. The second-order valence-corrected chi connectivity index (χ2v) is 3.72. The van der Waals surface area contributed by atoms with E-state index in [9.17, 15) is 10.1 Å². The highest BCUT2D eigenvalue weighted by atomic mass is 16.6. The molecule has 0 saturated heterocycles. The molecule has 0 fully saturated rings. The highest BCUT2D eigenvalue weighted by Crippen LogP contribution is 2.30. The van der Waals surface area contributed by atoms with Crippen LogP contribution in [0, 0.1) is 10.1 Å². The van der Waals surface area contributed by atoms with Crippen molar-refractivity contribution in [2.45, 2.75) is 6.61 Å². The number of ether oxygens (including phenoxy) is 1. The molecule has 1 aromatic carbocycles. The number of aromatic nitrogens is 1. The number of nitrogens with zero attached hydrogens (tertiary/aromatic N) is 2. The van der Waals surface area contributed by atoms with E-state index in [0.717, 1.165) is 0 Å². The first-order chi connectivity index (χ1) is 9.10. The second-order valence-electron chi connectivity index (χ2n) is 3.72. The molecule has 0 spiro atoms. The van der Waals surface area contributed by atoms with Gasteiger partial charge in [-0.05, 0) is 23.8 Å². The average molecular weight is 261 g/mol. The lowest BCUT2D eigenvalue weighted by molar-refractivity contribution is -0.386. The van der Waals surface area contributed by atoms with Crippen LogP contribution in [0.4, 0.5) is 11.5 Å². The van der Waals surface area contributed by atoms with Gasteiger partial charge in [-0.25, -0.2) is 0 Å². The van der Waals surface area contributed by atoms with Crippen LogP contribution in [0.5, 0.6) is 11.6 Å². The van der Waals surface area contributed by atoms with E-state index in [1.807, 2.05) is 0 Å². The van der Waals surface area contributed by atoms with Crippen LogP contribution in [0.25, 0.3) is 0 Å². The van der Waals surface area contributed by atoms with Crippen LogP contribution in [0.3, 0.4) is 0 Å². The normalized spacial score (nSPS) is 10.2. The first-order valence-corrected chi connectivity index (χ1v) is 5.38. The van der Waals surface area contributed by atoms with Gasteiger partial charge in [0, 0.05) is 6.07 Å². The van der Waals surface area contributed by atoms with Crippen LogP contribution in [0.2, 0.25) is 0 Å². The summed E-state index contributed by atoms with van der Waals surface area (Å²) in [5.74, 6) is 0.340. The Bertz CT molecular complexity index is 598. The average Bonchev–Trinajstić information content (AvgIpc) is 2.39. The molecule has 0 aliphatic rings. The van der Waals surface area contributed by atoms with Gasteiger partial charge in [0.05, 0.1) is 11.5 Å². The molecule has 0 saturated carbocycles. The van der Waals surface area contributed by atoms with Gasteiger partial charge in [-0.3, -0.25) is 10.1 Å². The summed E-state index contributed by atoms with van der Waals surface area (Å²) in [6.45, 7) is -0.0863. The molecule has 0 radical (unpaired) electrons. The summed E-state index contributed by atoms with van der Waals surface area (Å²) in [6, 6.07) is 9.03. The van der Waals surface area contributed by atoms with Crippen molar-refractivity contribution >= 4 is 11.5 Å². The van der Waals surface area contributed by atoms with E-state index in [1.54, 1.807) is 24.3 Å². The summed E-state index contributed by atoms with van der Waals surface area (Å²) in [5, 5.41) is 19.7. The molecular weight excluding hydrogens is 250 g/mol. The van der Waals surface area contributed by atoms with Crippen molar-refractivity contribution < 1.29 is 14.8 Å². The predicted octanol–water partition coefficient (Wildman–Crippen LogP) is 1.86. The molecule has 1 heterocycles. The second kappa shape index (κ2) is 5.32. The van der Waals surface area contributed by atoms with Crippen LogP contribution in [0.15, 0.2) is 36.4 Å². The number of rotatable bonds is 4. The Morgan fingerprint density at radius 2 is 1.95 bits per heavy atom. The fraction of sp³-hybridized carbons (Fsp3) is 0.0833. The van der Waals surface area contributed by atoms with Gasteiger partial charge >= 0.3 is 11.6 Å². The summed E-state index contributed by atoms with van der Waals surface area (Å²) in [7, 11) is 0. The zero-order valence-electron chi connectivity index (χ0n) is 9.81. The third-order valence-electron chi connectivity index (χ3n) is 2.38. The molecule has 0 unspecified atom stereocenters. The first-order valence-electron chi connectivity index (χ1n) is 5.38. The van der Waals surface area contributed by atoms with Gasteiger partial charge in [-0.15, -0.1) is 0 Å². The Morgan fingerprint density at radius 1 is 1.26 bits per heavy atom. The molecule has 1 aromatic heterocycles. The topological polar surface area (TPSA) is 112 Å². The van der Waals surface area contributed by atoms with E-state index in [4.69, 9.17) is 15.6 Å². The molecule has 0 aliphatic heterocycles. The number of nitrogens with two attached hydrogens (primary N) is 1. The molecule has 19 heavy (non-hydrogen) atoms. The van der Waals surface area contributed by atoms with E-state index in [0.29, 0.717) is 11.3 Å². The number of nitro groups is 1. The molecule has 3 N–H and O–H groups in total. The van der Waals surface area contributed by atoms with Crippen molar-refractivity contribution in [2.75, 3.05) is 5.73 Å². The van der Waals surface area contributed by atoms with Crippen molar-refractivity contribution in [3.63, 3.8) is 0 Å². The van der Waals surface area contributed by atoms with Gasteiger partial charge in [0.2, 0.25) is 0 Å². The van der Waals surface area contributed by atoms with Crippen molar-refractivity contribution in [3.05, 3.63) is 52.1 Å². The molecular formula is C12H11N3O4. The lowest BCUT2D eigenvalue weighted by atomic mass is 10.2. The molecule has 2 aromatic rings. The molecule has 0 bridgehead atoms. The van der Waals surface area contributed by atoms with E-state index in [-0.39, 0.29) is 24.0 Å². The van der Waals surface area contributed by atoms with Crippen molar-refractivity contribution in [1.82, 2.24) is 4.98 Å². The minimum atomic E-state index is -0.593. The summed E-state index contributed by atoms with van der Waals surface area (Å²) in [6.07, 6.45) is 0. The van der Waals surface area contributed by atoms with Crippen LogP contribution in [-0.4, -0.2) is 15.0 Å². The molecule has 0 aliphatic carbocycles. The van der Waals surface area contributed by atoms with E-state index < -0.39 is 4.92 Å². The number of aliphatic hydroxyl groups excluding tert-OH is 1. The third-order valence-corrected chi connectivity index (χ3v) is 2.38. The smallest absolute Gasteiger partial charge is 0.331 e. The quantitative estimate of drug-likeness (QED) is 0.641. The molecule has 98 valence electrons. The van der Waals surface area contributed by atoms with Crippen LogP contribution < -0.4 is 10.5 Å². The van der Waals surface area contributed by atoms with Gasteiger partial charge < -0.3 is 15.6 Å². The molecule has 7 nitrogen and oxygen atoms in total. The zero-order chi connectivity index (χ0) is 13.8. The standard InChI is InChI=1S/C12H11N3O4/c13-11-6-5-10(15(17)18)12(14-11)19-9-3-1-8(7-16)2-4-9/h1-6,16H,7H2,(H2,13,14). The first kappa shape index (κ1) is 12.8. The number of hydrogen-bond acceptors (Lipinski definition) is 6. The van der Waals surface area contributed by atoms with Gasteiger partial charge in [0.25, 0.3) is 0 Å². The number of benzene rings is 1. The highest BCUT2D eigenvalue weighted by molar-refractivity contribution is 5.48. The maximum Gasteiger partial charge on any atom is 0.331 e. The molecule has 7 heteroatoms. The third kappa shape index (κ3) is 2.96. The van der Waals surface area contributed by atoms with Gasteiger partial charge in [0.15, 0.2) is 0 Å². The fourth-order valence-electron chi connectivity index (χ4n) is 1.44. The number of aliphatic hydroxyl groups is 1. The Balaban J connectivity index is 2.31. The van der Waals surface area contributed by atoms with Gasteiger partial charge in [-0.2, -0.15) is 4.98 Å². The summed E-state index contributed by atoms with van der Waals surface area (Å²) < 4.78 is 5.34. The fourth-order valence-corrected chi connectivity index (χ4v) is 1.44. The Morgan fingerprint density at radius 3 is 2.53 bits per heavy atom. The van der Waals surface area contributed by atoms with E-state index in [1.165, 1.54) is 12.1 Å². The number of hydrogen-bond donors (Lipinski definition) is 2. The Kier molecular flexibility index (Phi) is 3.58. The summed E-state index contributed by atoms with van der Waals surface area (Å²) in [5.41, 5.74) is 5.93. The molecule has 0 atom stereocenters. The minimum absolute atomic E-state index is 0.0863. The maximum absolute atomic E-state index is 10.8. The summed E-state index contributed by atoms with van der Waals surface area (Å²) in [4.78, 5) is 14.0. The van der Waals surface area contributed by atoms with Crippen molar-refractivity contribution in [3.8, 4) is 11.6 Å². The Labute approximate surface area is 108 Å². The monoisotopic (exact) mass is 261 g/mol. The Hall–Kier alpha value is -2.67. The van der Waals surface area contributed by atoms with Crippen molar-refractivity contribution in [2.24, 2.45) is 0 Å². The van der Waals surface area contributed by atoms with E-state index >= 15 is 0 Å². The number of nitrogen functional groups attached to an aromatic ring is 1. The van der Waals surface area contributed by atoms with E-state index in [2.05, 4.69) is 4.98 Å². The number of anilines is 1. The minimum Gasteiger partial charge on any atom is -0.434 e. The lowest BCUT2D eigenvalue weighted by Gasteiger charge is -2.06. The van der Waals surface area contributed by atoms with Crippen LogP contribution >= 0.6 is 0 Å². The predicted molar refractivity (Wildman–Crippen MR) is 67.7 cm³/mol. The molecule has 0 amide bonds. The van der Waals surface area contributed by atoms with Gasteiger partial charge in [0.1, 0.15) is 11.6 Å². The van der Waals surface area contributed by atoms with Crippen LogP contribution in [-0.2, 0) is 6.61 Å². The number of pyridine rings is 1. The largest absolute Gasteiger partial charge is 0.434 e. The zero-order valence-corrected chi connectivity index (χ0v) is 9.81. The maximum atomic E-state index is 10.8. The van der Waals surface area contributed by atoms with Gasteiger partial charge in [-0.1, -0.05) is 12.1 Å². The lowest BCUT2D eigenvalue weighted by Crippen LogP contribution is -1.99. The van der Waals surface area contributed by atoms with Crippen molar-refractivity contribution in [1.29, 1.82) is 0 Å². The SMILES string of the molecule is Nc1ccc([N+](=O)[O-])c(Oc2ccc(CO)cc2)n1. The molecule has 2 rings (SSSR count). The highest BCUT2D eigenvalue weighted by Gasteiger charge is 2.17. The van der Waals surface area contributed by atoms with Crippen LogP contribution in [0.1, 0.15) is 5.56 Å².